The molecular weight excluding hydrogens is 490 g/mol. The van der Waals surface area contributed by atoms with Crippen LogP contribution in [0.5, 0.6) is 0 Å². The number of ether oxygens (including phenoxy) is 1. The summed E-state index contributed by atoms with van der Waals surface area (Å²) in [5.41, 5.74) is 0.638. The molecule has 10 heteroatoms. The van der Waals surface area contributed by atoms with Crippen molar-refractivity contribution in [3.63, 3.8) is 0 Å². The smallest absolute Gasteiger partial charge is 0.306 e. The minimum atomic E-state index is -0.973. The van der Waals surface area contributed by atoms with Gasteiger partial charge in [-0.2, -0.15) is 0 Å². The van der Waals surface area contributed by atoms with Gasteiger partial charge in [0.05, 0.1) is 9.21 Å². The molecule has 0 radical (unpaired) electrons. The van der Waals surface area contributed by atoms with Crippen LogP contribution in [0.25, 0.3) is 0 Å². The molecule has 2 aromatic rings. The monoisotopic (exact) mass is 519 g/mol. The van der Waals surface area contributed by atoms with Crippen LogP contribution in [0, 0.1) is 0 Å². The summed E-state index contributed by atoms with van der Waals surface area (Å²) >= 11 is 7.03. The fraction of sp³-hybridized carbons (Fsp3) is 0.440. The Hall–Kier alpha value is -2.91. The number of benzene rings is 1. The first kappa shape index (κ1) is 26.7. The second kappa shape index (κ2) is 11.7. The molecule has 1 aliphatic rings. The molecule has 1 aliphatic heterocycles. The van der Waals surface area contributed by atoms with E-state index in [-0.39, 0.29) is 18.7 Å². The normalized spacial score (nSPS) is 14.9. The van der Waals surface area contributed by atoms with Gasteiger partial charge >= 0.3 is 5.97 Å². The minimum absolute atomic E-state index is 0.0448. The van der Waals surface area contributed by atoms with Gasteiger partial charge < -0.3 is 20.3 Å². The average Bonchev–Trinajstić information content (AvgIpc) is 3.22. The predicted molar refractivity (Wildman–Crippen MR) is 137 cm³/mol. The molecule has 35 heavy (non-hydrogen) atoms. The molecule has 8 nitrogen and oxygen atoms in total. The SMILES string of the molecule is CC(C)(C)OC(=O)CC[C@@H](NC(=O)c1ccc(Cl)s1)C(=O)Nc1ccc(N2CCCCC2=O)cc1. The minimum Gasteiger partial charge on any atom is -0.460 e. The van der Waals surface area contributed by atoms with E-state index in [0.717, 1.165) is 29.9 Å². The third-order valence-electron chi connectivity index (χ3n) is 5.25. The lowest BCUT2D eigenvalue weighted by atomic mass is 10.1. The Bertz CT molecular complexity index is 1080. The Morgan fingerprint density at radius 2 is 1.83 bits per heavy atom. The third kappa shape index (κ3) is 8.07. The van der Waals surface area contributed by atoms with Crippen molar-refractivity contribution in [2.75, 3.05) is 16.8 Å². The lowest BCUT2D eigenvalue weighted by molar-refractivity contribution is -0.155. The van der Waals surface area contributed by atoms with Crippen LogP contribution < -0.4 is 15.5 Å². The van der Waals surface area contributed by atoms with Crippen LogP contribution in [-0.4, -0.2) is 41.9 Å². The van der Waals surface area contributed by atoms with Crippen LogP contribution in [0.4, 0.5) is 11.4 Å². The first-order valence-corrected chi connectivity index (χ1v) is 12.7. The molecule has 3 amide bonds. The summed E-state index contributed by atoms with van der Waals surface area (Å²) in [5, 5.41) is 5.48. The maximum atomic E-state index is 13.1. The number of nitrogens with zero attached hydrogens (tertiary/aromatic N) is 1. The number of carbonyl (C=O) groups excluding carboxylic acids is 4. The number of anilines is 2. The lowest BCUT2D eigenvalue weighted by Gasteiger charge is -2.27. The Morgan fingerprint density at radius 1 is 1.11 bits per heavy atom. The molecule has 0 saturated carbocycles. The Morgan fingerprint density at radius 3 is 2.43 bits per heavy atom. The second-order valence-corrected chi connectivity index (χ2v) is 11.0. The summed E-state index contributed by atoms with van der Waals surface area (Å²) in [4.78, 5) is 52.2. The van der Waals surface area contributed by atoms with E-state index >= 15 is 0 Å². The molecular formula is C25H30ClN3O5S. The highest BCUT2D eigenvalue weighted by atomic mass is 35.5. The van der Waals surface area contributed by atoms with Crippen molar-refractivity contribution in [1.29, 1.82) is 0 Å². The third-order valence-corrected chi connectivity index (χ3v) is 6.48. The van der Waals surface area contributed by atoms with Crippen LogP contribution in [0.3, 0.4) is 0 Å². The van der Waals surface area contributed by atoms with Crippen LogP contribution in [0.1, 0.15) is 62.5 Å². The van der Waals surface area contributed by atoms with E-state index in [0.29, 0.717) is 27.9 Å². The Balaban J connectivity index is 1.68. The molecule has 2 N–H and O–H groups in total. The Labute approximate surface area is 214 Å². The highest BCUT2D eigenvalue weighted by Crippen LogP contribution is 2.24. The van der Waals surface area contributed by atoms with E-state index in [1.807, 2.05) is 0 Å². The van der Waals surface area contributed by atoms with E-state index < -0.39 is 29.4 Å². The quantitative estimate of drug-likeness (QED) is 0.488. The van der Waals surface area contributed by atoms with Crippen molar-refractivity contribution >= 4 is 58.0 Å². The van der Waals surface area contributed by atoms with Crippen molar-refractivity contribution in [2.24, 2.45) is 0 Å². The summed E-state index contributed by atoms with van der Waals surface area (Å²) in [6.45, 7) is 5.96. The van der Waals surface area contributed by atoms with E-state index in [2.05, 4.69) is 10.6 Å². The molecule has 0 aliphatic carbocycles. The van der Waals surface area contributed by atoms with Crippen molar-refractivity contribution in [3.05, 3.63) is 45.6 Å². The van der Waals surface area contributed by atoms with E-state index in [9.17, 15) is 19.2 Å². The second-order valence-electron chi connectivity index (χ2n) is 9.29. The van der Waals surface area contributed by atoms with Gasteiger partial charge in [-0.25, -0.2) is 0 Å². The number of esters is 1. The molecule has 0 spiro atoms. The van der Waals surface area contributed by atoms with Crippen molar-refractivity contribution in [2.45, 2.75) is 64.5 Å². The van der Waals surface area contributed by atoms with Gasteiger partial charge in [-0.1, -0.05) is 11.6 Å². The zero-order chi connectivity index (χ0) is 25.6. The van der Waals surface area contributed by atoms with Gasteiger partial charge in [0.2, 0.25) is 11.8 Å². The zero-order valence-electron chi connectivity index (χ0n) is 20.1. The van der Waals surface area contributed by atoms with E-state index in [1.54, 1.807) is 62.1 Å². The van der Waals surface area contributed by atoms with Crippen LogP contribution in [0.2, 0.25) is 4.34 Å². The molecule has 1 atom stereocenters. The van der Waals surface area contributed by atoms with Gasteiger partial charge in [0.25, 0.3) is 5.91 Å². The van der Waals surface area contributed by atoms with Crippen molar-refractivity contribution in [3.8, 4) is 0 Å². The number of thiophene rings is 1. The molecule has 1 fully saturated rings. The van der Waals surface area contributed by atoms with Crippen molar-refractivity contribution in [1.82, 2.24) is 5.32 Å². The van der Waals surface area contributed by atoms with Gasteiger partial charge in [0.15, 0.2) is 0 Å². The van der Waals surface area contributed by atoms with Gasteiger partial charge in [0.1, 0.15) is 11.6 Å². The lowest BCUT2D eigenvalue weighted by Crippen LogP contribution is -2.44. The summed E-state index contributed by atoms with van der Waals surface area (Å²) in [5.74, 6) is -1.29. The van der Waals surface area contributed by atoms with Crippen LogP contribution in [0.15, 0.2) is 36.4 Å². The van der Waals surface area contributed by atoms with Gasteiger partial charge in [-0.3, -0.25) is 19.2 Å². The van der Waals surface area contributed by atoms with Crippen LogP contribution in [-0.2, 0) is 19.1 Å². The number of hydrogen-bond acceptors (Lipinski definition) is 6. The van der Waals surface area contributed by atoms with E-state index in [1.165, 1.54) is 0 Å². The van der Waals surface area contributed by atoms with Gasteiger partial charge in [0, 0.05) is 30.8 Å². The molecule has 3 rings (SSSR count). The molecule has 1 saturated heterocycles. The number of hydrogen-bond donors (Lipinski definition) is 2. The van der Waals surface area contributed by atoms with Gasteiger partial charge in [-0.15, -0.1) is 11.3 Å². The first-order chi connectivity index (χ1) is 16.5. The zero-order valence-corrected chi connectivity index (χ0v) is 21.6. The maximum absolute atomic E-state index is 13.1. The van der Waals surface area contributed by atoms with Gasteiger partial charge in [-0.05, 0) is 76.4 Å². The molecule has 188 valence electrons. The summed E-state index contributed by atoms with van der Waals surface area (Å²) in [6, 6.07) is 9.18. The largest absolute Gasteiger partial charge is 0.460 e. The van der Waals surface area contributed by atoms with Crippen molar-refractivity contribution < 1.29 is 23.9 Å². The average molecular weight is 520 g/mol. The summed E-state index contributed by atoms with van der Waals surface area (Å²) in [6.07, 6.45) is 2.41. The number of piperidine rings is 1. The molecule has 0 unspecified atom stereocenters. The van der Waals surface area contributed by atoms with E-state index in [4.69, 9.17) is 16.3 Å². The number of amides is 3. The number of nitrogens with one attached hydrogen (secondary N) is 2. The highest BCUT2D eigenvalue weighted by molar-refractivity contribution is 7.18. The van der Waals surface area contributed by atoms with Crippen LogP contribution >= 0.6 is 22.9 Å². The molecule has 1 aromatic heterocycles. The topological polar surface area (TPSA) is 105 Å². The fourth-order valence-electron chi connectivity index (χ4n) is 3.62. The maximum Gasteiger partial charge on any atom is 0.306 e. The molecule has 2 heterocycles. The number of rotatable bonds is 8. The Kier molecular flexibility index (Phi) is 8.91. The summed E-state index contributed by atoms with van der Waals surface area (Å²) in [7, 11) is 0. The first-order valence-electron chi connectivity index (χ1n) is 11.5. The summed E-state index contributed by atoms with van der Waals surface area (Å²) < 4.78 is 5.78. The highest BCUT2D eigenvalue weighted by Gasteiger charge is 2.25. The number of carbonyl (C=O) groups is 4. The fourth-order valence-corrected chi connectivity index (χ4v) is 4.57. The number of halogens is 1. The predicted octanol–water partition coefficient (Wildman–Crippen LogP) is 4.78. The molecule has 0 bridgehead atoms. The molecule has 1 aromatic carbocycles. The standard InChI is InChI=1S/C25H30ClN3O5S/c1-25(2,3)34-22(31)14-11-18(28-24(33)19-12-13-20(26)35-19)23(32)27-16-7-9-17(10-8-16)29-15-5-4-6-21(29)30/h7-10,12-13,18H,4-6,11,14-15H2,1-3H3,(H,27,32)(H,28,33)/t18-/m1/s1.